The van der Waals surface area contributed by atoms with E-state index in [1.165, 1.54) is 12.1 Å². The number of halogens is 1. The van der Waals surface area contributed by atoms with Crippen LogP contribution in [0.3, 0.4) is 0 Å². The van der Waals surface area contributed by atoms with Crippen LogP contribution in [-0.2, 0) is 14.8 Å². The zero-order valence-corrected chi connectivity index (χ0v) is 17.6. The molecule has 0 spiro atoms. The highest BCUT2D eigenvalue weighted by Gasteiger charge is 2.27. The molecular weight excluding hydrogens is 416 g/mol. The third-order valence-corrected chi connectivity index (χ3v) is 6.50. The summed E-state index contributed by atoms with van der Waals surface area (Å²) in [6.07, 6.45) is 1.07. The summed E-state index contributed by atoms with van der Waals surface area (Å²) in [5.41, 5.74) is 0. The molecule has 1 heterocycles. The molecule has 1 amide bonds. The van der Waals surface area contributed by atoms with E-state index in [1.807, 2.05) is 6.07 Å². The molecule has 29 heavy (non-hydrogen) atoms. The highest BCUT2D eigenvalue weighted by atomic mass is 35.5. The standard InChI is InChI=1S/C20H23ClN2O5S/c1-27-18-4-2-3-5-19(18)28-14-20(24)23-12-10-16(11-13-23)22-29(25,26)17-8-6-15(21)7-9-17/h2-9,16,22H,10-14H2,1H3. The van der Waals surface area contributed by atoms with Gasteiger partial charge in [-0.15, -0.1) is 0 Å². The van der Waals surface area contributed by atoms with Gasteiger partial charge in [0.05, 0.1) is 12.0 Å². The van der Waals surface area contributed by atoms with E-state index in [0.717, 1.165) is 0 Å². The van der Waals surface area contributed by atoms with Crippen molar-refractivity contribution < 1.29 is 22.7 Å². The Hall–Kier alpha value is -2.29. The van der Waals surface area contributed by atoms with Crippen LogP contribution in [0.15, 0.2) is 53.4 Å². The molecule has 0 unspecified atom stereocenters. The van der Waals surface area contributed by atoms with E-state index in [9.17, 15) is 13.2 Å². The number of para-hydroxylation sites is 2. The molecule has 156 valence electrons. The Kier molecular flexibility index (Phi) is 7.00. The van der Waals surface area contributed by atoms with Crippen LogP contribution in [-0.4, -0.2) is 52.1 Å². The lowest BCUT2D eigenvalue weighted by Gasteiger charge is -2.32. The number of sulfonamides is 1. The first-order valence-corrected chi connectivity index (χ1v) is 11.1. The lowest BCUT2D eigenvalue weighted by Crippen LogP contribution is -2.47. The predicted molar refractivity (Wildman–Crippen MR) is 110 cm³/mol. The third-order valence-electron chi connectivity index (χ3n) is 4.71. The summed E-state index contributed by atoms with van der Waals surface area (Å²) >= 11 is 5.81. The van der Waals surface area contributed by atoms with Crippen molar-refractivity contribution in [3.8, 4) is 11.5 Å². The minimum atomic E-state index is -3.62. The normalized spacial score (nSPS) is 15.2. The molecular formula is C20H23ClN2O5S. The van der Waals surface area contributed by atoms with Gasteiger partial charge in [0.1, 0.15) is 0 Å². The molecule has 1 aliphatic heterocycles. The molecule has 3 rings (SSSR count). The maximum Gasteiger partial charge on any atom is 0.260 e. The summed E-state index contributed by atoms with van der Waals surface area (Å²) in [6.45, 7) is 0.825. The number of rotatable bonds is 7. The number of amides is 1. The van der Waals surface area contributed by atoms with Crippen LogP contribution < -0.4 is 14.2 Å². The number of likely N-dealkylation sites (tertiary alicyclic amines) is 1. The van der Waals surface area contributed by atoms with Crippen LogP contribution >= 0.6 is 11.6 Å². The van der Waals surface area contributed by atoms with Crippen molar-refractivity contribution in [2.75, 3.05) is 26.8 Å². The largest absolute Gasteiger partial charge is 0.493 e. The molecule has 1 fully saturated rings. The van der Waals surface area contributed by atoms with Gasteiger partial charge in [-0.2, -0.15) is 0 Å². The van der Waals surface area contributed by atoms with E-state index < -0.39 is 10.0 Å². The molecule has 1 aliphatic rings. The quantitative estimate of drug-likeness (QED) is 0.718. The molecule has 2 aromatic carbocycles. The van der Waals surface area contributed by atoms with E-state index in [4.69, 9.17) is 21.1 Å². The Bertz CT molecular complexity index is 942. The number of nitrogens with one attached hydrogen (secondary N) is 1. The Balaban J connectivity index is 1.49. The summed E-state index contributed by atoms with van der Waals surface area (Å²) in [5.74, 6) is 0.930. The zero-order chi connectivity index (χ0) is 20.9. The molecule has 0 aromatic heterocycles. The van der Waals surface area contributed by atoms with Gasteiger partial charge in [0.15, 0.2) is 18.1 Å². The number of hydrogen-bond acceptors (Lipinski definition) is 5. The fourth-order valence-corrected chi connectivity index (χ4v) is 4.55. The lowest BCUT2D eigenvalue weighted by atomic mass is 10.1. The van der Waals surface area contributed by atoms with Crippen LogP contribution in [0, 0.1) is 0 Å². The van der Waals surface area contributed by atoms with Gasteiger partial charge in [0.25, 0.3) is 5.91 Å². The second-order valence-corrected chi connectivity index (χ2v) is 8.82. The van der Waals surface area contributed by atoms with E-state index in [2.05, 4.69) is 4.72 Å². The summed E-state index contributed by atoms with van der Waals surface area (Å²) in [6, 6.07) is 12.9. The van der Waals surface area contributed by atoms with Gasteiger partial charge < -0.3 is 14.4 Å². The monoisotopic (exact) mass is 438 g/mol. The second-order valence-electron chi connectivity index (χ2n) is 6.67. The topological polar surface area (TPSA) is 84.9 Å². The molecule has 7 nitrogen and oxygen atoms in total. The number of piperidine rings is 1. The van der Waals surface area contributed by atoms with Crippen molar-refractivity contribution in [1.29, 1.82) is 0 Å². The summed E-state index contributed by atoms with van der Waals surface area (Å²) in [7, 11) is -2.08. The molecule has 9 heteroatoms. The summed E-state index contributed by atoms with van der Waals surface area (Å²) < 4.78 is 38.5. The number of carbonyl (C=O) groups excluding carboxylic acids is 1. The highest BCUT2D eigenvalue weighted by molar-refractivity contribution is 7.89. The first-order chi connectivity index (χ1) is 13.9. The van der Waals surface area contributed by atoms with Gasteiger partial charge in [-0.3, -0.25) is 4.79 Å². The number of ether oxygens (including phenoxy) is 2. The lowest BCUT2D eigenvalue weighted by molar-refractivity contribution is -0.134. The third kappa shape index (κ3) is 5.62. The van der Waals surface area contributed by atoms with Gasteiger partial charge in [0.2, 0.25) is 10.0 Å². The maximum atomic E-state index is 12.5. The molecule has 1 saturated heterocycles. The van der Waals surface area contributed by atoms with Gasteiger partial charge in [0, 0.05) is 24.2 Å². The smallest absolute Gasteiger partial charge is 0.260 e. The van der Waals surface area contributed by atoms with Crippen LogP contribution in [0.25, 0.3) is 0 Å². The summed E-state index contributed by atoms with van der Waals surface area (Å²) in [4.78, 5) is 14.3. The highest BCUT2D eigenvalue weighted by Crippen LogP contribution is 2.26. The van der Waals surface area contributed by atoms with Crippen molar-refractivity contribution in [3.05, 3.63) is 53.6 Å². The Labute approximate surface area is 175 Å². The van der Waals surface area contributed by atoms with Crippen LogP contribution in [0.1, 0.15) is 12.8 Å². The molecule has 0 bridgehead atoms. The van der Waals surface area contributed by atoms with Gasteiger partial charge in [-0.1, -0.05) is 23.7 Å². The second kappa shape index (κ2) is 9.47. The minimum absolute atomic E-state index is 0.0957. The van der Waals surface area contributed by atoms with Gasteiger partial charge in [-0.25, -0.2) is 13.1 Å². The van der Waals surface area contributed by atoms with Crippen molar-refractivity contribution in [2.24, 2.45) is 0 Å². The van der Waals surface area contributed by atoms with E-state index >= 15 is 0 Å². The number of hydrogen-bond donors (Lipinski definition) is 1. The molecule has 0 saturated carbocycles. The van der Waals surface area contributed by atoms with Crippen molar-refractivity contribution in [1.82, 2.24) is 9.62 Å². The summed E-state index contributed by atoms with van der Waals surface area (Å²) in [5, 5.41) is 0.478. The number of methoxy groups -OCH3 is 1. The minimum Gasteiger partial charge on any atom is -0.493 e. The Morgan fingerprint density at radius 3 is 2.34 bits per heavy atom. The first-order valence-electron chi connectivity index (χ1n) is 9.20. The zero-order valence-electron chi connectivity index (χ0n) is 16.0. The van der Waals surface area contributed by atoms with Crippen LogP contribution in [0.5, 0.6) is 11.5 Å². The average Bonchev–Trinajstić information content (AvgIpc) is 2.72. The molecule has 0 atom stereocenters. The predicted octanol–water partition coefficient (Wildman–Crippen LogP) is 2.70. The average molecular weight is 439 g/mol. The molecule has 0 aliphatic carbocycles. The number of nitrogens with zero attached hydrogens (tertiary/aromatic N) is 1. The molecule has 0 radical (unpaired) electrons. The van der Waals surface area contributed by atoms with E-state index in [-0.39, 0.29) is 23.5 Å². The Morgan fingerprint density at radius 2 is 1.72 bits per heavy atom. The number of carbonyl (C=O) groups is 1. The van der Waals surface area contributed by atoms with E-state index in [1.54, 1.807) is 42.3 Å². The van der Waals surface area contributed by atoms with E-state index in [0.29, 0.717) is 42.5 Å². The Morgan fingerprint density at radius 1 is 1.10 bits per heavy atom. The fourth-order valence-electron chi connectivity index (χ4n) is 3.12. The van der Waals surface area contributed by atoms with Gasteiger partial charge >= 0.3 is 0 Å². The fraction of sp³-hybridized carbons (Fsp3) is 0.350. The van der Waals surface area contributed by atoms with Crippen LogP contribution in [0.2, 0.25) is 5.02 Å². The molecule has 2 aromatic rings. The van der Waals surface area contributed by atoms with Crippen molar-refractivity contribution >= 4 is 27.5 Å². The first kappa shape index (κ1) is 21.4. The van der Waals surface area contributed by atoms with Crippen LogP contribution in [0.4, 0.5) is 0 Å². The van der Waals surface area contributed by atoms with Crippen molar-refractivity contribution in [3.63, 3.8) is 0 Å². The molecule has 1 N–H and O–H groups in total. The van der Waals surface area contributed by atoms with Gasteiger partial charge in [-0.05, 0) is 49.2 Å². The van der Waals surface area contributed by atoms with Crippen molar-refractivity contribution in [2.45, 2.75) is 23.8 Å². The maximum absolute atomic E-state index is 12.5. The number of benzene rings is 2. The SMILES string of the molecule is COc1ccccc1OCC(=O)N1CCC(NS(=O)(=O)c2ccc(Cl)cc2)CC1.